The van der Waals surface area contributed by atoms with Crippen LogP contribution in [0.15, 0.2) is 16.8 Å². The van der Waals surface area contributed by atoms with E-state index < -0.39 is 0 Å². The fourth-order valence-corrected chi connectivity index (χ4v) is 4.90. The van der Waals surface area contributed by atoms with Crippen molar-refractivity contribution in [3.63, 3.8) is 0 Å². The molecule has 2 fully saturated rings. The number of piperidine rings is 1. The molecule has 0 aromatic carbocycles. The highest BCUT2D eigenvalue weighted by molar-refractivity contribution is 7.07. The molecule has 1 saturated heterocycles. The SMILES string of the molecule is OC(CCc1ccsc1)C1(N2CCCCC2)CCCC1. The first-order valence-electron chi connectivity index (χ1n) is 8.25. The molecular weight excluding hydrogens is 266 g/mol. The maximum Gasteiger partial charge on any atom is 0.0727 e. The molecule has 1 aromatic rings. The third kappa shape index (κ3) is 2.95. The maximum atomic E-state index is 10.9. The number of likely N-dealkylation sites (tertiary alicyclic amines) is 1. The average Bonchev–Trinajstić information content (AvgIpc) is 3.18. The van der Waals surface area contributed by atoms with Crippen molar-refractivity contribution in [1.29, 1.82) is 0 Å². The Bertz CT molecular complexity index is 391. The quantitative estimate of drug-likeness (QED) is 0.891. The Hall–Kier alpha value is -0.380. The number of aliphatic hydroxyl groups excluding tert-OH is 1. The van der Waals surface area contributed by atoms with Crippen LogP contribution >= 0.6 is 11.3 Å². The van der Waals surface area contributed by atoms with Gasteiger partial charge in [-0.25, -0.2) is 0 Å². The first-order valence-corrected chi connectivity index (χ1v) is 9.20. The van der Waals surface area contributed by atoms with Crippen LogP contribution < -0.4 is 0 Å². The third-order valence-corrected chi connectivity index (χ3v) is 6.09. The van der Waals surface area contributed by atoms with Gasteiger partial charge in [0.05, 0.1) is 6.10 Å². The standard InChI is InChI=1S/C17H27NOS/c19-16(7-6-15-8-13-20-14-15)17(9-2-3-10-17)18-11-4-1-5-12-18/h8,13-14,16,19H,1-7,9-12H2. The highest BCUT2D eigenvalue weighted by Crippen LogP contribution is 2.40. The highest BCUT2D eigenvalue weighted by atomic mass is 32.1. The largest absolute Gasteiger partial charge is 0.391 e. The summed E-state index contributed by atoms with van der Waals surface area (Å²) in [4.78, 5) is 2.64. The van der Waals surface area contributed by atoms with Gasteiger partial charge < -0.3 is 5.11 Å². The molecule has 2 heterocycles. The lowest BCUT2D eigenvalue weighted by atomic mass is 9.83. The van der Waals surface area contributed by atoms with Gasteiger partial charge in [0.2, 0.25) is 0 Å². The Labute approximate surface area is 126 Å². The van der Waals surface area contributed by atoms with Crippen LogP contribution in [0.4, 0.5) is 0 Å². The van der Waals surface area contributed by atoms with E-state index in [0.29, 0.717) is 0 Å². The molecule has 1 aliphatic carbocycles. The van der Waals surface area contributed by atoms with Gasteiger partial charge in [-0.1, -0.05) is 19.3 Å². The second kappa shape index (κ2) is 6.59. The number of rotatable bonds is 5. The molecule has 0 bridgehead atoms. The summed E-state index contributed by atoms with van der Waals surface area (Å²) in [5, 5.41) is 15.3. The molecule has 1 unspecified atom stereocenters. The minimum atomic E-state index is -0.150. The van der Waals surface area contributed by atoms with Crippen molar-refractivity contribution < 1.29 is 5.11 Å². The van der Waals surface area contributed by atoms with Crippen molar-refractivity contribution in [2.45, 2.75) is 69.4 Å². The molecule has 2 nitrogen and oxygen atoms in total. The summed E-state index contributed by atoms with van der Waals surface area (Å²) in [5.41, 5.74) is 1.50. The molecule has 1 atom stereocenters. The van der Waals surface area contributed by atoms with E-state index in [1.54, 1.807) is 11.3 Å². The Morgan fingerprint density at radius 2 is 1.90 bits per heavy atom. The normalized spacial score (nSPS) is 24.9. The zero-order valence-corrected chi connectivity index (χ0v) is 13.2. The van der Waals surface area contributed by atoms with Gasteiger partial charge in [-0.15, -0.1) is 0 Å². The molecule has 1 aliphatic heterocycles. The zero-order chi connectivity index (χ0) is 13.8. The molecule has 0 amide bonds. The molecule has 1 saturated carbocycles. The molecule has 2 aliphatic rings. The van der Waals surface area contributed by atoms with Gasteiger partial charge in [-0.05, 0) is 74.0 Å². The summed E-state index contributed by atoms with van der Waals surface area (Å²) in [5.74, 6) is 0. The van der Waals surface area contributed by atoms with Crippen LogP contribution in [0.1, 0.15) is 56.9 Å². The van der Waals surface area contributed by atoms with Crippen LogP contribution in [-0.4, -0.2) is 34.7 Å². The Balaban J connectivity index is 1.65. The first-order chi connectivity index (χ1) is 9.81. The Morgan fingerprint density at radius 3 is 2.55 bits per heavy atom. The average molecular weight is 293 g/mol. The van der Waals surface area contributed by atoms with Crippen molar-refractivity contribution >= 4 is 11.3 Å². The highest BCUT2D eigenvalue weighted by Gasteiger charge is 2.45. The van der Waals surface area contributed by atoms with Crippen LogP contribution in [0.3, 0.4) is 0 Å². The number of aryl methyl sites for hydroxylation is 1. The second-order valence-corrected chi connectivity index (χ2v) is 7.32. The van der Waals surface area contributed by atoms with Gasteiger partial charge in [0.1, 0.15) is 0 Å². The predicted molar refractivity (Wildman–Crippen MR) is 85.3 cm³/mol. The summed E-state index contributed by atoms with van der Waals surface area (Å²) < 4.78 is 0. The van der Waals surface area contributed by atoms with Crippen LogP contribution in [-0.2, 0) is 6.42 Å². The number of hydrogen-bond acceptors (Lipinski definition) is 3. The van der Waals surface area contributed by atoms with Crippen molar-refractivity contribution in [2.24, 2.45) is 0 Å². The lowest BCUT2D eigenvalue weighted by Crippen LogP contribution is -2.56. The maximum absolute atomic E-state index is 10.9. The molecule has 0 radical (unpaired) electrons. The lowest BCUT2D eigenvalue weighted by molar-refractivity contribution is -0.0419. The van der Waals surface area contributed by atoms with Crippen LogP contribution in [0.2, 0.25) is 0 Å². The van der Waals surface area contributed by atoms with Crippen molar-refractivity contribution in [3.8, 4) is 0 Å². The van der Waals surface area contributed by atoms with E-state index in [4.69, 9.17) is 0 Å². The van der Waals surface area contributed by atoms with Gasteiger partial charge >= 0.3 is 0 Å². The smallest absolute Gasteiger partial charge is 0.0727 e. The minimum Gasteiger partial charge on any atom is -0.391 e. The van der Waals surface area contributed by atoms with E-state index in [0.717, 1.165) is 12.8 Å². The van der Waals surface area contributed by atoms with Gasteiger partial charge in [-0.3, -0.25) is 4.90 Å². The number of aliphatic hydroxyl groups is 1. The third-order valence-electron chi connectivity index (χ3n) is 5.36. The molecule has 3 rings (SSSR count). The molecular formula is C17H27NOS. The molecule has 0 spiro atoms. The molecule has 3 heteroatoms. The number of thiophene rings is 1. The molecule has 1 N–H and O–H groups in total. The van der Waals surface area contributed by atoms with Gasteiger partial charge in [0.15, 0.2) is 0 Å². The van der Waals surface area contributed by atoms with E-state index in [1.165, 1.54) is 63.6 Å². The molecule has 1 aromatic heterocycles. The number of nitrogens with zero attached hydrogens (tertiary/aromatic N) is 1. The van der Waals surface area contributed by atoms with Crippen molar-refractivity contribution in [1.82, 2.24) is 4.90 Å². The van der Waals surface area contributed by atoms with E-state index in [2.05, 4.69) is 21.7 Å². The van der Waals surface area contributed by atoms with Gasteiger partial charge in [0.25, 0.3) is 0 Å². The van der Waals surface area contributed by atoms with E-state index in [9.17, 15) is 5.11 Å². The summed E-state index contributed by atoms with van der Waals surface area (Å²) >= 11 is 1.76. The van der Waals surface area contributed by atoms with Gasteiger partial charge in [-0.2, -0.15) is 11.3 Å². The first kappa shape index (κ1) is 14.6. The van der Waals surface area contributed by atoms with Crippen molar-refractivity contribution in [3.05, 3.63) is 22.4 Å². The topological polar surface area (TPSA) is 23.5 Å². The Kier molecular flexibility index (Phi) is 4.79. The predicted octanol–water partition coefficient (Wildman–Crippen LogP) is 3.84. The van der Waals surface area contributed by atoms with Gasteiger partial charge in [0, 0.05) is 5.54 Å². The van der Waals surface area contributed by atoms with E-state index >= 15 is 0 Å². The summed E-state index contributed by atoms with van der Waals surface area (Å²) in [6.07, 6.45) is 10.8. The fourth-order valence-electron chi connectivity index (χ4n) is 4.19. The summed E-state index contributed by atoms with van der Waals surface area (Å²) in [7, 11) is 0. The van der Waals surface area contributed by atoms with E-state index in [-0.39, 0.29) is 11.6 Å². The minimum absolute atomic E-state index is 0.108. The second-order valence-electron chi connectivity index (χ2n) is 6.54. The monoisotopic (exact) mass is 293 g/mol. The van der Waals surface area contributed by atoms with Crippen LogP contribution in [0.25, 0.3) is 0 Å². The zero-order valence-electron chi connectivity index (χ0n) is 12.4. The van der Waals surface area contributed by atoms with Crippen molar-refractivity contribution in [2.75, 3.05) is 13.1 Å². The number of hydrogen-bond donors (Lipinski definition) is 1. The van der Waals surface area contributed by atoms with Crippen LogP contribution in [0, 0.1) is 0 Å². The van der Waals surface area contributed by atoms with E-state index in [1.807, 2.05) is 0 Å². The summed E-state index contributed by atoms with van der Waals surface area (Å²) in [6, 6.07) is 2.19. The molecule has 20 heavy (non-hydrogen) atoms. The Morgan fingerprint density at radius 1 is 1.15 bits per heavy atom. The summed E-state index contributed by atoms with van der Waals surface area (Å²) in [6.45, 7) is 2.41. The lowest BCUT2D eigenvalue weighted by Gasteiger charge is -2.46. The van der Waals surface area contributed by atoms with Crippen LogP contribution in [0.5, 0.6) is 0 Å². The molecule has 112 valence electrons. The fraction of sp³-hybridized carbons (Fsp3) is 0.765.